The minimum atomic E-state index is -0.686. The Morgan fingerprint density at radius 3 is 2.35 bits per heavy atom. The van der Waals surface area contributed by atoms with Crippen molar-refractivity contribution < 1.29 is 14.3 Å². The van der Waals surface area contributed by atoms with E-state index in [9.17, 15) is 9.59 Å². The summed E-state index contributed by atoms with van der Waals surface area (Å²) in [7, 11) is 0. The van der Waals surface area contributed by atoms with Gasteiger partial charge in [-0.05, 0) is 48.1 Å². The smallest absolute Gasteiger partial charge is 0.258 e. The highest BCUT2D eigenvalue weighted by Gasteiger charge is 2.22. The number of amides is 2. The fourth-order valence-corrected chi connectivity index (χ4v) is 4.02. The minimum absolute atomic E-state index is 0.144. The molecule has 0 aliphatic heterocycles. The normalized spacial score (nSPS) is 12.6. The van der Waals surface area contributed by atoms with Crippen LogP contribution in [0.5, 0.6) is 5.75 Å². The highest BCUT2D eigenvalue weighted by Crippen LogP contribution is 2.26. The Hall–Kier alpha value is -3.12. The van der Waals surface area contributed by atoms with Crippen molar-refractivity contribution in [2.24, 2.45) is 0 Å². The molecule has 0 bridgehead atoms. The molecule has 5 nitrogen and oxygen atoms in total. The van der Waals surface area contributed by atoms with Crippen LogP contribution in [-0.2, 0) is 16.0 Å². The molecule has 3 aromatic rings. The molecule has 2 aromatic carbocycles. The average Bonchev–Trinajstić information content (AvgIpc) is 3.32. The standard InChI is InChI=1S/C25H28N2O3S/c1-3-8-19-12-14-20(15-13-19)24(22-11-7-16-31-22)27-25(29)18(2)26-23(28)17-30-21-9-5-4-6-10-21/h4-7,9-16,18,24H,3,8,17H2,1-2H3,(H,26,28)(H,27,29). The summed E-state index contributed by atoms with van der Waals surface area (Å²) in [5.74, 6) is 0.0197. The van der Waals surface area contributed by atoms with Crippen molar-refractivity contribution in [2.45, 2.75) is 38.8 Å². The van der Waals surface area contributed by atoms with Crippen LogP contribution in [0.25, 0.3) is 0 Å². The second-order valence-corrected chi connectivity index (χ2v) is 8.32. The predicted molar refractivity (Wildman–Crippen MR) is 124 cm³/mol. The number of carbonyl (C=O) groups is 2. The molecule has 2 unspecified atom stereocenters. The highest BCUT2D eigenvalue weighted by molar-refractivity contribution is 7.10. The summed E-state index contributed by atoms with van der Waals surface area (Å²) in [5.41, 5.74) is 2.29. The van der Waals surface area contributed by atoms with Crippen molar-refractivity contribution >= 4 is 23.2 Å². The Kier molecular flexibility index (Phi) is 8.24. The van der Waals surface area contributed by atoms with Gasteiger partial charge >= 0.3 is 0 Å². The molecule has 0 saturated heterocycles. The highest BCUT2D eigenvalue weighted by atomic mass is 32.1. The van der Waals surface area contributed by atoms with Gasteiger partial charge in [-0.2, -0.15) is 0 Å². The Balaban J connectivity index is 1.61. The molecule has 31 heavy (non-hydrogen) atoms. The molecule has 0 fully saturated rings. The van der Waals surface area contributed by atoms with Gasteiger partial charge in [-0.1, -0.05) is 61.9 Å². The van der Waals surface area contributed by atoms with Gasteiger partial charge in [0.2, 0.25) is 5.91 Å². The summed E-state index contributed by atoms with van der Waals surface area (Å²) < 4.78 is 5.45. The van der Waals surface area contributed by atoms with Crippen LogP contribution in [0.4, 0.5) is 0 Å². The number of ether oxygens (including phenoxy) is 1. The van der Waals surface area contributed by atoms with Gasteiger partial charge in [-0.15, -0.1) is 11.3 Å². The van der Waals surface area contributed by atoms with E-state index in [0.29, 0.717) is 5.75 Å². The number of nitrogens with one attached hydrogen (secondary N) is 2. The summed E-state index contributed by atoms with van der Waals surface area (Å²) in [6.07, 6.45) is 2.13. The Labute approximate surface area is 187 Å². The summed E-state index contributed by atoms with van der Waals surface area (Å²) in [6.45, 7) is 3.68. The third-order valence-electron chi connectivity index (χ3n) is 4.85. The van der Waals surface area contributed by atoms with Crippen molar-refractivity contribution in [3.63, 3.8) is 0 Å². The van der Waals surface area contributed by atoms with E-state index in [2.05, 4.69) is 41.8 Å². The predicted octanol–water partition coefficient (Wildman–Crippen LogP) is 4.49. The van der Waals surface area contributed by atoms with Crippen LogP contribution < -0.4 is 15.4 Å². The number of hydrogen-bond donors (Lipinski definition) is 2. The number of rotatable bonds is 10. The maximum absolute atomic E-state index is 12.8. The van der Waals surface area contributed by atoms with Crippen LogP contribution in [0, 0.1) is 0 Å². The molecule has 2 amide bonds. The number of thiophene rings is 1. The van der Waals surface area contributed by atoms with Gasteiger partial charge in [0, 0.05) is 4.88 Å². The molecule has 1 aromatic heterocycles. The van der Waals surface area contributed by atoms with Crippen LogP contribution in [0.2, 0.25) is 0 Å². The van der Waals surface area contributed by atoms with Crippen molar-refractivity contribution in [3.8, 4) is 5.75 Å². The lowest BCUT2D eigenvalue weighted by Gasteiger charge is -2.21. The molecule has 0 aliphatic carbocycles. The third kappa shape index (κ3) is 6.69. The first kappa shape index (κ1) is 22.6. The van der Waals surface area contributed by atoms with Crippen LogP contribution in [-0.4, -0.2) is 24.5 Å². The molecule has 162 valence electrons. The van der Waals surface area contributed by atoms with Gasteiger partial charge in [0.1, 0.15) is 11.8 Å². The van der Waals surface area contributed by atoms with E-state index in [0.717, 1.165) is 23.3 Å². The van der Waals surface area contributed by atoms with Gasteiger partial charge in [-0.3, -0.25) is 9.59 Å². The van der Waals surface area contributed by atoms with E-state index in [1.54, 1.807) is 30.4 Å². The van der Waals surface area contributed by atoms with Crippen LogP contribution in [0.3, 0.4) is 0 Å². The first-order valence-corrected chi connectivity index (χ1v) is 11.3. The van der Waals surface area contributed by atoms with E-state index in [4.69, 9.17) is 4.74 Å². The molecular weight excluding hydrogens is 408 g/mol. The number of hydrogen-bond acceptors (Lipinski definition) is 4. The van der Waals surface area contributed by atoms with E-state index in [1.807, 2.05) is 35.7 Å². The second kappa shape index (κ2) is 11.3. The van der Waals surface area contributed by atoms with Crippen molar-refractivity contribution in [2.75, 3.05) is 6.61 Å². The fourth-order valence-electron chi connectivity index (χ4n) is 3.22. The number of benzene rings is 2. The lowest BCUT2D eigenvalue weighted by molar-refractivity contribution is -0.129. The maximum Gasteiger partial charge on any atom is 0.258 e. The minimum Gasteiger partial charge on any atom is -0.484 e. The first-order valence-electron chi connectivity index (χ1n) is 10.5. The molecule has 2 atom stereocenters. The van der Waals surface area contributed by atoms with Gasteiger partial charge in [-0.25, -0.2) is 0 Å². The molecule has 3 rings (SSSR count). The summed E-state index contributed by atoms with van der Waals surface area (Å²) >= 11 is 1.59. The zero-order valence-corrected chi connectivity index (χ0v) is 18.7. The zero-order chi connectivity index (χ0) is 22.1. The molecule has 0 spiro atoms. The molecule has 6 heteroatoms. The molecular formula is C25H28N2O3S. The van der Waals surface area contributed by atoms with E-state index in [-0.39, 0.29) is 24.5 Å². The SMILES string of the molecule is CCCc1ccc(C(NC(=O)C(C)NC(=O)COc2ccccc2)c2cccs2)cc1. The number of aryl methyl sites for hydroxylation is 1. The van der Waals surface area contributed by atoms with Crippen molar-refractivity contribution in [3.05, 3.63) is 88.1 Å². The molecule has 2 N–H and O–H groups in total. The van der Waals surface area contributed by atoms with E-state index in [1.165, 1.54) is 5.56 Å². The van der Waals surface area contributed by atoms with Gasteiger partial charge in [0.15, 0.2) is 6.61 Å². The fraction of sp³-hybridized carbons (Fsp3) is 0.280. The zero-order valence-electron chi connectivity index (χ0n) is 17.8. The Morgan fingerprint density at radius 2 is 1.71 bits per heavy atom. The quantitative estimate of drug-likeness (QED) is 0.492. The Morgan fingerprint density at radius 1 is 0.968 bits per heavy atom. The van der Waals surface area contributed by atoms with Gasteiger partial charge in [0.05, 0.1) is 6.04 Å². The lowest BCUT2D eigenvalue weighted by Crippen LogP contribution is -2.47. The monoisotopic (exact) mass is 436 g/mol. The summed E-state index contributed by atoms with van der Waals surface area (Å²) in [6, 6.07) is 20.5. The number of para-hydroxylation sites is 1. The number of carbonyl (C=O) groups excluding carboxylic acids is 2. The van der Waals surface area contributed by atoms with Gasteiger partial charge in [0.25, 0.3) is 5.91 Å². The van der Waals surface area contributed by atoms with Crippen LogP contribution >= 0.6 is 11.3 Å². The lowest BCUT2D eigenvalue weighted by atomic mass is 10.0. The summed E-state index contributed by atoms with van der Waals surface area (Å²) in [4.78, 5) is 26.1. The van der Waals surface area contributed by atoms with Crippen molar-refractivity contribution in [1.29, 1.82) is 0 Å². The van der Waals surface area contributed by atoms with Crippen molar-refractivity contribution in [1.82, 2.24) is 10.6 Å². The maximum atomic E-state index is 12.8. The summed E-state index contributed by atoms with van der Waals surface area (Å²) in [5, 5.41) is 7.78. The largest absolute Gasteiger partial charge is 0.484 e. The third-order valence-corrected chi connectivity index (χ3v) is 5.79. The van der Waals surface area contributed by atoms with E-state index >= 15 is 0 Å². The molecule has 0 aliphatic rings. The first-order chi connectivity index (χ1) is 15.1. The van der Waals surface area contributed by atoms with Gasteiger partial charge < -0.3 is 15.4 Å². The topological polar surface area (TPSA) is 67.4 Å². The second-order valence-electron chi connectivity index (χ2n) is 7.34. The Bertz CT molecular complexity index is 956. The molecule has 1 heterocycles. The molecule has 0 radical (unpaired) electrons. The van der Waals surface area contributed by atoms with E-state index < -0.39 is 6.04 Å². The van der Waals surface area contributed by atoms with Crippen LogP contribution in [0.15, 0.2) is 72.1 Å². The average molecular weight is 437 g/mol. The van der Waals surface area contributed by atoms with Crippen LogP contribution in [0.1, 0.15) is 42.3 Å². The molecule has 0 saturated carbocycles.